The summed E-state index contributed by atoms with van der Waals surface area (Å²) in [5.74, 6) is -0.320. The number of halogens is 1. The number of amides is 1. The molecule has 0 spiro atoms. The molecule has 0 atom stereocenters. The van der Waals surface area contributed by atoms with E-state index in [9.17, 15) is 9.90 Å². The minimum atomic E-state index is -0.320. The van der Waals surface area contributed by atoms with Gasteiger partial charge in [-0.25, -0.2) is 4.68 Å². The molecule has 2 N–H and O–H groups in total. The van der Waals surface area contributed by atoms with E-state index >= 15 is 0 Å². The maximum Gasteiger partial charge on any atom is 0.276 e. The SMILES string of the molecule is Cc1ccc(CO)cc1NC(=O)c1ccn(-c2ccccc2Cl)n1. The van der Waals surface area contributed by atoms with Crippen LogP contribution in [-0.4, -0.2) is 20.8 Å². The second-order valence-corrected chi connectivity index (χ2v) is 5.77. The third-order valence-electron chi connectivity index (χ3n) is 3.65. The van der Waals surface area contributed by atoms with Gasteiger partial charge in [0.05, 0.1) is 17.3 Å². The average Bonchev–Trinajstić information content (AvgIpc) is 3.07. The molecule has 1 aromatic heterocycles. The Morgan fingerprint density at radius 1 is 1.25 bits per heavy atom. The Morgan fingerprint density at radius 2 is 2.04 bits per heavy atom. The Hall–Kier alpha value is -2.63. The lowest BCUT2D eigenvalue weighted by Gasteiger charge is -2.09. The largest absolute Gasteiger partial charge is 0.392 e. The van der Waals surface area contributed by atoms with Gasteiger partial charge in [0.25, 0.3) is 5.91 Å². The highest BCUT2D eigenvalue weighted by molar-refractivity contribution is 6.32. The molecule has 0 radical (unpaired) electrons. The number of aryl methyl sites for hydroxylation is 1. The zero-order chi connectivity index (χ0) is 17.1. The fourth-order valence-corrected chi connectivity index (χ4v) is 2.53. The second-order valence-electron chi connectivity index (χ2n) is 5.36. The van der Waals surface area contributed by atoms with E-state index in [4.69, 9.17) is 11.6 Å². The fourth-order valence-electron chi connectivity index (χ4n) is 2.31. The predicted molar refractivity (Wildman–Crippen MR) is 93.6 cm³/mol. The lowest BCUT2D eigenvalue weighted by atomic mass is 10.1. The first-order chi connectivity index (χ1) is 11.6. The van der Waals surface area contributed by atoms with Crippen LogP contribution in [0.1, 0.15) is 21.6 Å². The van der Waals surface area contributed by atoms with Gasteiger partial charge in [0.1, 0.15) is 0 Å². The summed E-state index contributed by atoms with van der Waals surface area (Å²) in [5.41, 5.74) is 3.28. The third kappa shape index (κ3) is 3.32. The van der Waals surface area contributed by atoms with Crippen molar-refractivity contribution in [2.45, 2.75) is 13.5 Å². The van der Waals surface area contributed by atoms with E-state index < -0.39 is 0 Å². The number of aromatic nitrogens is 2. The molecule has 0 aliphatic rings. The number of carbonyl (C=O) groups excluding carboxylic acids is 1. The van der Waals surface area contributed by atoms with Crippen LogP contribution in [-0.2, 0) is 6.61 Å². The van der Waals surface area contributed by atoms with Crippen molar-refractivity contribution in [2.75, 3.05) is 5.32 Å². The van der Waals surface area contributed by atoms with Crippen LogP contribution in [0.25, 0.3) is 5.69 Å². The summed E-state index contributed by atoms with van der Waals surface area (Å²) in [7, 11) is 0. The average molecular weight is 342 g/mol. The summed E-state index contributed by atoms with van der Waals surface area (Å²) >= 11 is 6.15. The molecule has 0 aliphatic carbocycles. The normalized spacial score (nSPS) is 10.6. The second kappa shape index (κ2) is 6.86. The van der Waals surface area contributed by atoms with Crippen molar-refractivity contribution in [1.82, 2.24) is 9.78 Å². The molecular weight excluding hydrogens is 326 g/mol. The number of benzene rings is 2. The lowest BCUT2D eigenvalue weighted by molar-refractivity contribution is 0.102. The van der Waals surface area contributed by atoms with Gasteiger partial charge in [0, 0.05) is 11.9 Å². The molecule has 0 fully saturated rings. The minimum Gasteiger partial charge on any atom is -0.392 e. The first-order valence-electron chi connectivity index (χ1n) is 7.41. The monoisotopic (exact) mass is 341 g/mol. The molecule has 1 amide bonds. The molecule has 0 bridgehead atoms. The van der Waals surface area contributed by atoms with Crippen LogP contribution in [0.4, 0.5) is 5.69 Å². The number of nitrogens with one attached hydrogen (secondary N) is 1. The predicted octanol–water partition coefficient (Wildman–Crippen LogP) is 3.58. The number of nitrogens with zero attached hydrogens (tertiary/aromatic N) is 2. The van der Waals surface area contributed by atoms with E-state index in [2.05, 4.69) is 10.4 Å². The van der Waals surface area contributed by atoms with Gasteiger partial charge in [-0.15, -0.1) is 0 Å². The minimum absolute atomic E-state index is 0.0791. The summed E-state index contributed by atoms with van der Waals surface area (Å²) in [4.78, 5) is 12.4. The van der Waals surface area contributed by atoms with Gasteiger partial charge in [0.2, 0.25) is 0 Å². The molecule has 0 unspecified atom stereocenters. The van der Waals surface area contributed by atoms with Crippen LogP contribution < -0.4 is 5.32 Å². The summed E-state index contributed by atoms with van der Waals surface area (Å²) in [5, 5.41) is 16.9. The van der Waals surface area contributed by atoms with E-state index in [-0.39, 0.29) is 18.2 Å². The van der Waals surface area contributed by atoms with Crippen LogP contribution in [0.2, 0.25) is 5.02 Å². The van der Waals surface area contributed by atoms with Gasteiger partial charge in [0.15, 0.2) is 5.69 Å². The highest BCUT2D eigenvalue weighted by Gasteiger charge is 2.13. The maximum atomic E-state index is 12.4. The van der Waals surface area contributed by atoms with Gasteiger partial charge in [-0.1, -0.05) is 35.9 Å². The molecule has 24 heavy (non-hydrogen) atoms. The Morgan fingerprint density at radius 3 is 2.79 bits per heavy atom. The van der Waals surface area contributed by atoms with Gasteiger partial charge < -0.3 is 10.4 Å². The Labute approximate surface area is 144 Å². The number of rotatable bonds is 4. The number of carbonyl (C=O) groups is 1. The van der Waals surface area contributed by atoms with E-state index in [1.54, 1.807) is 29.1 Å². The van der Waals surface area contributed by atoms with E-state index in [1.165, 1.54) is 0 Å². The molecule has 122 valence electrons. The van der Waals surface area contributed by atoms with Crippen LogP contribution >= 0.6 is 11.6 Å². The molecule has 6 heteroatoms. The molecule has 0 aliphatic heterocycles. The zero-order valence-electron chi connectivity index (χ0n) is 13.0. The first-order valence-corrected chi connectivity index (χ1v) is 7.78. The molecule has 3 rings (SSSR count). The number of anilines is 1. The van der Waals surface area contributed by atoms with Gasteiger partial charge >= 0.3 is 0 Å². The molecule has 5 nitrogen and oxygen atoms in total. The van der Waals surface area contributed by atoms with Crippen molar-refractivity contribution in [3.63, 3.8) is 0 Å². The van der Waals surface area contributed by atoms with Crippen LogP contribution in [0.5, 0.6) is 0 Å². The molecule has 1 heterocycles. The summed E-state index contributed by atoms with van der Waals surface area (Å²) in [6.45, 7) is 1.81. The molecule has 0 saturated carbocycles. The fraction of sp³-hybridized carbons (Fsp3) is 0.111. The topological polar surface area (TPSA) is 67.2 Å². The standard InChI is InChI=1S/C18H16ClN3O2/c1-12-6-7-13(11-23)10-16(12)20-18(24)15-8-9-22(21-15)17-5-3-2-4-14(17)19/h2-10,23H,11H2,1H3,(H,20,24). The first kappa shape index (κ1) is 16.2. The molecular formula is C18H16ClN3O2. The number of para-hydroxylation sites is 1. The van der Waals surface area contributed by atoms with Crippen LogP contribution in [0, 0.1) is 6.92 Å². The highest BCUT2D eigenvalue weighted by atomic mass is 35.5. The zero-order valence-corrected chi connectivity index (χ0v) is 13.8. The summed E-state index contributed by atoms with van der Waals surface area (Å²) in [6.07, 6.45) is 1.69. The van der Waals surface area contributed by atoms with Gasteiger partial charge in [-0.2, -0.15) is 5.10 Å². The summed E-state index contributed by atoms with van der Waals surface area (Å²) < 4.78 is 1.56. The van der Waals surface area contributed by atoms with Gasteiger partial charge in [-0.05, 0) is 42.3 Å². The van der Waals surface area contributed by atoms with Crippen molar-refractivity contribution in [2.24, 2.45) is 0 Å². The number of aliphatic hydroxyl groups is 1. The molecule has 0 saturated heterocycles. The third-order valence-corrected chi connectivity index (χ3v) is 3.97. The number of hydrogen-bond acceptors (Lipinski definition) is 3. The van der Waals surface area contributed by atoms with E-state index in [0.29, 0.717) is 16.4 Å². The van der Waals surface area contributed by atoms with E-state index in [1.807, 2.05) is 37.3 Å². The highest BCUT2D eigenvalue weighted by Crippen LogP contribution is 2.20. The summed E-state index contributed by atoms with van der Waals surface area (Å²) in [6, 6.07) is 14.3. The van der Waals surface area contributed by atoms with Crippen molar-refractivity contribution in [3.05, 3.63) is 76.6 Å². The molecule has 3 aromatic rings. The number of hydrogen-bond donors (Lipinski definition) is 2. The Bertz CT molecular complexity index is 889. The van der Waals surface area contributed by atoms with E-state index in [0.717, 1.165) is 11.1 Å². The van der Waals surface area contributed by atoms with Crippen molar-refractivity contribution in [1.29, 1.82) is 0 Å². The van der Waals surface area contributed by atoms with Crippen molar-refractivity contribution >= 4 is 23.2 Å². The van der Waals surface area contributed by atoms with Gasteiger partial charge in [-0.3, -0.25) is 4.79 Å². The van der Waals surface area contributed by atoms with Crippen LogP contribution in [0.3, 0.4) is 0 Å². The Kier molecular flexibility index (Phi) is 4.64. The number of aliphatic hydroxyl groups excluding tert-OH is 1. The van der Waals surface area contributed by atoms with Crippen LogP contribution in [0.15, 0.2) is 54.7 Å². The van der Waals surface area contributed by atoms with Crippen molar-refractivity contribution in [3.8, 4) is 5.69 Å². The van der Waals surface area contributed by atoms with Crippen molar-refractivity contribution < 1.29 is 9.90 Å². The molecule has 2 aromatic carbocycles. The Balaban J connectivity index is 1.83. The quantitative estimate of drug-likeness (QED) is 0.762. The lowest BCUT2D eigenvalue weighted by Crippen LogP contribution is -2.14. The maximum absolute atomic E-state index is 12.4. The smallest absolute Gasteiger partial charge is 0.276 e.